The average molecular weight is 253 g/mol. The number of rotatable bonds is 1. The lowest BCUT2D eigenvalue weighted by Crippen LogP contribution is -2.50. The molecule has 0 aliphatic carbocycles. The molecule has 5 nitrogen and oxygen atoms in total. The van der Waals surface area contributed by atoms with Crippen molar-refractivity contribution in [2.45, 2.75) is 12.8 Å². The second-order valence-corrected chi connectivity index (χ2v) is 4.45. The Balaban J connectivity index is 2.57. The fourth-order valence-electron chi connectivity index (χ4n) is 2.39. The van der Waals surface area contributed by atoms with Crippen molar-refractivity contribution in [2.75, 3.05) is 0 Å². The van der Waals surface area contributed by atoms with Gasteiger partial charge in [-0.1, -0.05) is 24.3 Å². The number of nitrogens with one attached hydrogen (secondary N) is 1. The summed E-state index contributed by atoms with van der Waals surface area (Å²) < 4.78 is 0. The van der Waals surface area contributed by atoms with Crippen molar-refractivity contribution in [1.29, 1.82) is 10.5 Å². The Labute approximate surface area is 110 Å². The maximum atomic E-state index is 11.7. The normalized spacial score (nSPS) is 23.3. The van der Waals surface area contributed by atoms with E-state index in [1.54, 1.807) is 12.1 Å². The van der Waals surface area contributed by atoms with Gasteiger partial charge in [0.05, 0.1) is 12.1 Å². The first-order valence-electron chi connectivity index (χ1n) is 5.79. The summed E-state index contributed by atoms with van der Waals surface area (Å²) >= 11 is 0. The van der Waals surface area contributed by atoms with Gasteiger partial charge in [0.2, 0.25) is 11.8 Å². The van der Waals surface area contributed by atoms with Crippen LogP contribution in [-0.4, -0.2) is 11.8 Å². The number of imide groups is 1. The van der Waals surface area contributed by atoms with Gasteiger partial charge in [0.1, 0.15) is 11.8 Å². The molecule has 2 amide bonds. The van der Waals surface area contributed by atoms with Gasteiger partial charge in [0.15, 0.2) is 0 Å². The molecular weight excluding hydrogens is 242 g/mol. The van der Waals surface area contributed by atoms with Crippen LogP contribution in [0.25, 0.3) is 0 Å². The SMILES string of the molecule is Cc1ccccc1C1[C@H](C#N)C(=O)NC(=O)[C@H]1C#N. The Morgan fingerprint density at radius 3 is 2.05 bits per heavy atom. The number of amides is 2. The maximum Gasteiger partial charge on any atom is 0.244 e. The molecule has 1 aromatic rings. The van der Waals surface area contributed by atoms with Crippen LogP contribution in [0.1, 0.15) is 17.0 Å². The van der Waals surface area contributed by atoms with E-state index in [-0.39, 0.29) is 0 Å². The van der Waals surface area contributed by atoms with E-state index in [1.807, 2.05) is 31.2 Å². The minimum Gasteiger partial charge on any atom is -0.294 e. The summed E-state index contributed by atoms with van der Waals surface area (Å²) in [7, 11) is 0. The number of hydrogen-bond donors (Lipinski definition) is 1. The smallest absolute Gasteiger partial charge is 0.244 e. The Bertz CT molecular complexity index is 592. The minimum absolute atomic E-state index is 0.632. The van der Waals surface area contributed by atoms with Gasteiger partial charge >= 0.3 is 0 Å². The summed E-state index contributed by atoms with van der Waals surface area (Å²) in [6, 6.07) is 11.0. The van der Waals surface area contributed by atoms with E-state index >= 15 is 0 Å². The summed E-state index contributed by atoms with van der Waals surface area (Å²) in [6.07, 6.45) is 0. The summed E-state index contributed by atoms with van der Waals surface area (Å²) in [4.78, 5) is 23.5. The fraction of sp³-hybridized carbons (Fsp3) is 0.286. The number of benzene rings is 1. The molecule has 0 unspecified atom stereocenters. The lowest BCUT2D eigenvalue weighted by molar-refractivity contribution is -0.137. The molecule has 2 atom stereocenters. The third-order valence-electron chi connectivity index (χ3n) is 3.36. The fourth-order valence-corrected chi connectivity index (χ4v) is 2.39. The molecule has 1 aromatic carbocycles. The van der Waals surface area contributed by atoms with E-state index in [4.69, 9.17) is 10.5 Å². The summed E-state index contributed by atoms with van der Waals surface area (Å²) in [6.45, 7) is 1.83. The van der Waals surface area contributed by atoms with Crippen molar-refractivity contribution in [1.82, 2.24) is 5.32 Å². The van der Waals surface area contributed by atoms with Crippen LogP contribution >= 0.6 is 0 Å². The highest BCUT2D eigenvalue weighted by Crippen LogP contribution is 2.36. The highest BCUT2D eigenvalue weighted by atomic mass is 16.2. The van der Waals surface area contributed by atoms with Crippen LogP contribution in [0.3, 0.4) is 0 Å². The molecular formula is C14H11N3O2. The third-order valence-corrected chi connectivity index (χ3v) is 3.36. The second kappa shape index (κ2) is 4.91. The summed E-state index contributed by atoms with van der Waals surface area (Å²) in [5.74, 6) is -4.02. The third kappa shape index (κ3) is 2.07. The van der Waals surface area contributed by atoms with Crippen LogP contribution in [-0.2, 0) is 9.59 Å². The summed E-state index contributed by atoms with van der Waals surface area (Å²) in [5, 5.41) is 20.4. The first kappa shape index (κ1) is 12.8. The predicted molar refractivity (Wildman–Crippen MR) is 65.3 cm³/mol. The van der Waals surface area contributed by atoms with Crippen molar-refractivity contribution >= 4 is 11.8 Å². The van der Waals surface area contributed by atoms with Gasteiger partial charge < -0.3 is 0 Å². The van der Waals surface area contributed by atoms with Gasteiger partial charge in [-0.05, 0) is 18.1 Å². The largest absolute Gasteiger partial charge is 0.294 e. The van der Waals surface area contributed by atoms with Crippen molar-refractivity contribution < 1.29 is 9.59 Å². The number of aryl methyl sites for hydroxylation is 1. The van der Waals surface area contributed by atoms with Crippen molar-refractivity contribution in [3.8, 4) is 12.1 Å². The molecule has 0 radical (unpaired) electrons. The zero-order chi connectivity index (χ0) is 14.0. The molecule has 1 fully saturated rings. The number of carbonyl (C=O) groups is 2. The molecule has 0 spiro atoms. The molecule has 2 rings (SSSR count). The Morgan fingerprint density at radius 2 is 1.58 bits per heavy atom. The molecule has 0 saturated carbocycles. The molecule has 1 heterocycles. The van der Waals surface area contributed by atoms with E-state index in [9.17, 15) is 9.59 Å². The van der Waals surface area contributed by atoms with E-state index in [1.165, 1.54) is 0 Å². The van der Waals surface area contributed by atoms with Crippen molar-refractivity contribution in [2.24, 2.45) is 11.8 Å². The number of nitrogens with zero attached hydrogens (tertiary/aromatic N) is 2. The Kier molecular flexibility index (Phi) is 3.31. The lowest BCUT2D eigenvalue weighted by atomic mass is 9.73. The molecule has 5 heteroatoms. The second-order valence-electron chi connectivity index (χ2n) is 4.45. The van der Waals surface area contributed by atoms with E-state index in [2.05, 4.69) is 5.32 Å². The quantitative estimate of drug-likeness (QED) is 0.756. The van der Waals surface area contributed by atoms with Crippen LogP contribution < -0.4 is 5.32 Å². The minimum atomic E-state index is -1.02. The lowest BCUT2D eigenvalue weighted by Gasteiger charge is -2.30. The molecule has 1 N–H and O–H groups in total. The molecule has 1 saturated heterocycles. The average Bonchev–Trinajstić information content (AvgIpc) is 2.38. The topological polar surface area (TPSA) is 93.8 Å². The summed E-state index contributed by atoms with van der Waals surface area (Å²) in [5.41, 5.74) is 1.55. The molecule has 1 aliphatic rings. The van der Waals surface area contributed by atoms with Crippen LogP contribution in [0.5, 0.6) is 0 Å². The van der Waals surface area contributed by atoms with Gasteiger partial charge in [0.25, 0.3) is 0 Å². The monoisotopic (exact) mass is 253 g/mol. The number of piperidine rings is 1. The van der Waals surface area contributed by atoms with Gasteiger partial charge in [-0.3, -0.25) is 14.9 Å². The van der Waals surface area contributed by atoms with Crippen LogP contribution in [0, 0.1) is 41.4 Å². The Morgan fingerprint density at radius 1 is 1.05 bits per heavy atom. The molecule has 0 bridgehead atoms. The standard InChI is InChI=1S/C14H11N3O2/c1-8-4-2-3-5-9(8)12-10(6-15)13(18)17-14(19)11(12)7-16/h2-5,10-12H,1H3,(H,17,18,19)/t10-,11-/m0/s1. The van der Waals surface area contributed by atoms with E-state index in [0.717, 1.165) is 5.56 Å². The molecule has 94 valence electrons. The predicted octanol–water partition coefficient (Wildman–Crippen LogP) is 1.01. The number of nitriles is 2. The van der Waals surface area contributed by atoms with Crippen LogP contribution in [0.2, 0.25) is 0 Å². The maximum absolute atomic E-state index is 11.7. The van der Waals surface area contributed by atoms with Gasteiger partial charge in [-0.25, -0.2) is 0 Å². The van der Waals surface area contributed by atoms with Crippen molar-refractivity contribution in [3.63, 3.8) is 0 Å². The van der Waals surface area contributed by atoms with Crippen LogP contribution in [0.15, 0.2) is 24.3 Å². The molecule has 19 heavy (non-hydrogen) atoms. The number of carbonyl (C=O) groups excluding carboxylic acids is 2. The Hall–Kier alpha value is -2.66. The first-order chi connectivity index (χ1) is 9.10. The molecule has 0 aromatic heterocycles. The van der Waals surface area contributed by atoms with E-state index in [0.29, 0.717) is 5.56 Å². The van der Waals surface area contributed by atoms with Gasteiger partial charge in [0, 0.05) is 5.92 Å². The van der Waals surface area contributed by atoms with Crippen LogP contribution in [0.4, 0.5) is 0 Å². The van der Waals surface area contributed by atoms with Gasteiger partial charge in [-0.15, -0.1) is 0 Å². The van der Waals surface area contributed by atoms with Gasteiger partial charge in [-0.2, -0.15) is 10.5 Å². The number of hydrogen-bond acceptors (Lipinski definition) is 4. The highest BCUT2D eigenvalue weighted by molar-refractivity contribution is 6.03. The highest BCUT2D eigenvalue weighted by Gasteiger charge is 2.45. The first-order valence-corrected chi connectivity index (χ1v) is 5.79. The zero-order valence-electron chi connectivity index (χ0n) is 10.3. The van der Waals surface area contributed by atoms with Crippen molar-refractivity contribution in [3.05, 3.63) is 35.4 Å². The van der Waals surface area contributed by atoms with E-state index < -0.39 is 29.6 Å². The molecule has 1 aliphatic heterocycles. The zero-order valence-corrected chi connectivity index (χ0v) is 10.3.